The minimum Gasteiger partial charge on any atom is -0.396 e. The van der Waals surface area contributed by atoms with Crippen molar-refractivity contribution in [1.82, 2.24) is 9.97 Å². The SMILES string of the molecule is OCCCCC(c1c[nH]c2cc3c(cc12)OOC3)c1c[nH]c2cc3c(cc12)OOC3. The van der Waals surface area contributed by atoms with Crippen LogP contribution in [0.2, 0.25) is 0 Å². The molecule has 0 aliphatic carbocycles. The number of H-pyrrole nitrogens is 2. The highest BCUT2D eigenvalue weighted by atomic mass is 17.2. The molecule has 2 aliphatic rings. The molecule has 0 spiro atoms. The number of unbranched alkanes of at least 4 members (excludes halogenated alkanes) is 1. The third-order valence-electron chi connectivity index (χ3n) is 6.17. The van der Waals surface area contributed by atoms with Crippen LogP contribution in [0.1, 0.15) is 47.4 Å². The second kappa shape index (κ2) is 7.05. The number of aromatic nitrogens is 2. The van der Waals surface area contributed by atoms with Crippen LogP contribution in [0.3, 0.4) is 0 Å². The zero-order valence-electron chi connectivity index (χ0n) is 16.4. The molecule has 0 fully saturated rings. The Morgan fingerprint density at radius 2 is 1.37 bits per heavy atom. The number of hydrogen-bond acceptors (Lipinski definition) is 5. The molecule has 0 radical (unpaired) electrons. The zero-order valence-corrected chi connectivity index (χ0v) is 16.4. The largest absolute Gasteiger partial charge is 0.396 e. The van der Waals surface area contributed by atoms with Crippen molar-refractivity contribution in [3.05, 3.63) is 58.9 Å². The van der Waals surface area contributed by atoms with Gasteiger partial charge >= 0.3 is 0 Å². The summed E-state index contributed by atoms with van der Waals surface area (Å²) in [7, 11) is 0. The number of rotatable bonds is 6. The summed E-state index contributed by atoms with van der Waals surface area (Å²) in [6.45, 7) is 1.14. The van der Waals surface area contributed by atoms with Crippen LogP contribution in [0.15, 0.2) is 36.7 Å². The standard InChI is InChI=1S/C23H22N2O5/c26-4-2-1-3-15(18-9-24-20-5-13-11-27-29-22(13)7-16(18)20)19-10-25-21-6-14-12-28-30-23(14)8-17(19)21/h5-10,15,24-26H,1-4,11-12H2. The minimum absolute atomic E-state index is 0.153. The van der Waals surface area contributed by atoms with Crippen molar-refractivity contribution in [1.29, 1.82) is 0 Å². The van der Waals surface area contributed by atoms with E-state index in [4.69, 9.17) is 19.6 Å². The van der Waals surface area contributed by atoms with Crippen LogP contribution in [0, 0.1) is 0 Å². The molecule has 0 bridgehead atoms. The summed E-state index contributed by atoms with van der Waals surface area (Å²) in [5.41, 5.74) is 6.66. The summed E-state index contributed by atoms with van der Waals surface area (Å²) in [5.74, 6) is 1.71. The van der Waals surface area contributed by atoms with Gasteiger partial charge in [-0.05, 0) is 48.2 Å². The molecule has 7 heteroatoms. The fraction of sp³-hybridized carbons (Fsp3) is 0.304. The lowest BCUT2D eigenvalue weighted by molar-refractivity contribution is -0.194. The smallest absolute Gasteiger partial charge is 0.171 e. The van der Waals surface area contributed by atoms with Gasteiger partial charge in [0.25, 0.3) is 0 Å². The number of benzene rings is 2. The quantitative estimate of drug-likeness (QED) is 0.322. The van der Waals surface area contributed by atoms with Gasteiger partial charge in [0.2, 0.25) is 0 Å². The Labute approximate surface area is 172 Å². The maximum absolute atomic E-state index is 9.32. The Morgan fingerprint density at radius 3 is 1.90 bits per heavy atom. The van der Waals surface area contributed by atoms with E-state index in [2.05, 4.69) is 46.6 Å². The lowest BCUT2D eigenvalue weighted by Crippen LogP contribution is -2.01. The van der Waals surface area contributed by atoms with Crippen LogP contribution in [-0.4, -0.2) is 21.7 Å². The second-order valence-electron chi connectivity index (χ2n) is 7.96. The Kier molecular flexibility index (Phi) is 4.19. The zero-order chi connectivity index (χ0) is 20.1. The summed E-state index contributed by atoms with van der Waals surface area (Å²) in [4.78, 5) is 27.8. The molecule has 7 nitrogen and oxygen atoms in total. The third kappa shape index (κ3) is 2.78. The second-order valence-corrected chi connectivity index (χ2v) is 7.96. The maximum Gasteiger partial charge on any atom is 0.171 e. The molecule has 30 heavy (non-hydrogen) atoms. The van der Waals surface area contributed by atoms with Crippen LogP contribution in [0.4, 0.5) is 0 Å². The van der Waals surface area contributed by atoms with Crippen molar-refractivity contribution in [3.8, 4) is 11.5 Å². The molecule has 0 atom stereocenters. The number of aliphatic hydroxyl groups is 1. The van der Waals surface area contributed by atoms with Crippen molar-refractivity contribution in [3.63, 3.8) is 0 Å². The average molecular weight is 406 g/mol. The van der Waals surface area contributed by atoms with Crippen LogP contribution >= 0.6 is 0 Å². The highest BCUT2D eigenvalue weighted by Gasteiger charge is 2.25. The predicted octanol–water partition coefficient (Wildman–Crippen LogP) is 4.59. The molecule has 2 aliphatic heterocycles. The summed E-state index contributed by atoms with van der Waals surface area (Å²) in [5, 5.41) is 11.6. The van der Waals surface area contributed by atoms with E-state index in [9.17, 15) is 5.11 Å². The fourth-order valence-corrected chi connectivity index (χ4v) is 4.64. The molecule has 4 heterocycles. The van der Waals surface area contributed by atoms with Crippen molar-refractivity contribution in [2.45, 2.75) is 38.4 Å². The van der Waals surface area contributed by atoms with E-state index in [1.54, 1.807) is 0 Å². The molecule has 0 saturated heterocycles. The molecule has 2 aromatic carbocycles. The maximum atomic E-state index is 9.32. The van der Waals surface area contributed by atoms with E-state index >= 15 is 0 Å². The molecule has 6 rings (SSSR count). The molecule has 154 valence electrons. The summed E-state index contributed by atoms with van der Waals surface area (Å²) in [6.07, 6.45) is 6.81. The Balaban J connectivity index is 1.49. The van der Waals surface area contributed by atoms with Gasteiger partial charge in [0.1, 0.15) is 13.2 Å². The average Bonchev–Trinajstić information content (AvgIpc) is 3.54. The normalized spacial score (nSPS) is 15.0. The molecule has 0 saturated carbocycles. The van der Waals surface area contributed by atoms with Crippen LogP contribution in [0.25, 0.3) is 21.8 Å². The monoisotopic (exact) mass is 406 g/mol. The Hall–Kier alpha value is -3.00. The molecule has 3 N–H and O–H groups in total. The molecular weight excluding hydrogens is 384 g/mol. The molecular formula is C23H22N2O5. The van der Waals surface area contributed by atoms with E-state index in [1.165, 1.54) is 11.1 Å². The number of hydrogen-bond donors (Lipinski definition) is 3. The van der Waals surface area contributed by atoms with Crippen LogP contribution in [0.5, 0.6) is 11.5 Å². The van der Waals surface area contributed by atoms with E-state index in [-0.39, 0.29) is 12.5 Å². The first-order valence-electron chi connectivity index (χ1n) is 10.3. The van der Waals surface area contributed by atoms with Gasteiger partial charge in [-0.15, -0.1) is 0 Å². The minimum atomic E-state index is 0.153. The van der Waals surface area contributed by atoms with E-state index in [0.717, 1.165) is 63.7 Å². The summed E-state index contributed by atoms with van der Waals surface area (Å²) in [6, 6.07) is 8.32. The predicted molar refractivity (Wildman–Crippen MR) is 110 cm³/mol. The van der Waals surface area contributed by atoms with Crippen molar-refractivity contribution >= 4 is 21.8 Å². The molecule has 0 amide bonds. The Bertz CT molecular complexity index is 1150. The first-order valence-corrected chi connectivity index (χ1v) is 10.3. The topological polar surface area (TPSA) is 88.7 Å². The van der Waals surface area contributed by atoms with Crippen molar-refractivity contribution in [2.24, 2.45) is 0 Å². The number of aromatic amines is 2. The van der Waals surface area contributed by atoms with Gasteiger partial charge < -0.3 is 24.8 Å². The van der Waals surface area contributed by atoms with Crippen molar-refractivity contribution in [2.75, 3.05) is 6.61 Å². The van der Waals surface area contributed by atoms with E-state index in [0.29, 0.717) is 13.2 Å². The highest BCUT2D eigenvalue weighted by molar-refractivity contribution is 5.90. The first kappa shape index (κ1) is 17.8. The van der Waals surface area contributed by atoms with Gasteiger partial charge in [0.05, 0.1) is 0 Å². The molecule has 0 unspecified atom stereocenters. The summed E-state index contributed by atoms with van der Waals surface area (Å²) >= 11 is 0. The van der Waals surface area contributed by atoms with E-state index in [1.807, 2.05) is 0 Å². The van der Waals surface area contributed by atoms with Crippen LogP contribution in [-0.2, 0) is 23.0 Å². The van der Waals surface area contributed by atoms with Gasteiger partial charge in [0, 0.05) is 57.9 Å². The third-order valence-corrected chi connectivity index (χ3v) is 6.17. The summed E-state index contributed by atoms with van der Waals surface area (Å²) < 4.78 is 0. The number of nitrogens with one attached hydrogen (secondary N) is 2. The first-order chi connectivity index (χ1) is 14.8. The van der Waals surface area contributed by atoms with Gasteiger partial charge in [-0.2, -0.15) is 9.78 Å². The Morgan fingerprint density at radius 1 is 0.800 bits per heavy atom. The highest BCUT2D eigenvalue weighted by Crippen LogP contribution is 2.42. The van der Waals surface area contributed by atoms with Crippen molar-refractivity contribution < 1.29 is 24.7 Å². The van der Waals surface area contributed by atoms with Gasteiger partial charge in [-0.25, -0.2) is 0 Å². The van der Waals surface area contributed by atoms with Gasteiger partial charge in [0.15, 0.2) is 11.5 Å². The van der Waals surface area contributed by atoms with Gasteiger partial charge in [-0.1, -0.05) is 6.42 Å². The van der Waals surface area contributed by atoms with Gasteiger partial charge in [-0.3, -0.25) is 0 Å². The molecule has 2 aromatic heterocycles. The molecule has 4 aromatic rings. The van der Waals surface area contributed by atoms with E-state index < -0.39 is 0 Å². The lowest BCUT2D eigenvalue weighted by atomic mass is 9.86. The lowest BCUT2D eigenvalue weighted by Gasteiger charge is -2.17. The fourth-order valence-electron chi connectivity index (χ4n) is 4.64. The van der Waals surface area contributed by atoms with Crippen LogP contribution < -0.4 is 9.78 Å². The number of fused-ring (bicyclic) bond motifs is 4. The number of aliphatic hydroxyl groups excluding tert-OH is 1.